The Morgan fingerprint density at radius 1 is 0.950 bits per heavy atom. The standard InChI is InChI=1S/C16H28F2N2/c1-19(13-4-2-5-13)14-7-10-20(11-8-14)15-6-3-9-16(17,18)12-15/h13-15H,2-12H2,1H3. The van der Waals surface area contributed by atoms with Crippen LogP contribution in [0.25, 0.3) is 0 Å². The van der Waals surface area contributed by atoms with Crippen LogP contribution in [-0.4, -0.2) is 54.0 Å². The average Bonchev–Trinajstić information content (AvgIpc) is 2.35. The molecule has 116 valence electrons. The molecule has 0 N–H and O–H groups in total. The molecule has 0 bridgehead atoms. The molecule has 1 unspecified atom stereocenters. The zero-order valence-corrected chi connectivity index (χ0v) is 12.7. The molecule has 0 amide bonds. The van der Waals surface area contributed by atoms with E-state index in [4.69, 9.17) is 0 Å². The van der Waals surface area contributed by atoms with Crippen LogP contribution in [0.5, 0.6) is 0 Å². The lowest BCUT2D eigenvalue weighted by Crippen LogP contribution is -2.52. The predicted molar refractivity (Wildman–Crippen MR) is 77.2 cm³/mol. The lowest BCUT2D eigenvalue weighted by molar-refractivity contribution is -0.0694. The molecule has 3 aliphatic rings. The third kappa shape index (κ3) is 3.16. The molecule has 1 saturated heterocycles. The van der Waals surface area contributed by atoms with E-state index in [0.717, 1.165) is 38.4 Å². The smallest absolute Gasteiger partial charge is 0.249 e. The normalized spacial score (nSPS) is 33.3. The summed E-state index contributed by atoms with van der Waals surface area (Å²) in [6, 6.07) is 1.61. The van der Waals surface area contributed by atoms with Crippen LogP contribution < -0.4 is 0 Å². The molecule has 20 heavy (non-hydrogen) atoms. The van der Waals surface area contributed by atoms with Crippen LogP contribution in [0.3, 0.4) is 0 Å². The molecule has 3 fully saturated rings. The van der Waals surface area contributed by atoms with Crippen LogP contribution in [0, 0.1) is 0 Å². The molecular formula is C16H28F2N2. The third-order valence-electron chi connectivity index (χ3n) is 5.86. The van der Waals surface area contributed by atoms with E-state index in [0.29, 0.717) is 12.5 Å². The number of alkyl halides is 2. The quantitative estimate of drug-likeness (QED) is 0.783. The van der Waals surface area contributed by atoms with Gasteiger partial charge >= 0.3 is 0 Å². The summed E-state index contributed by atoms with van der Waals surface area (Å²) >= 11 is 0. The van der Waals surface area contributed by atoms with E-state index < -0.39 is 5.92 Å². The summed E-state index contributed by atoms with van der Waals surface area (Å²) in [6.45, 7) is 2.03. The van der Waals surface area contributed by atoms with E-state index >= 15 is 0 Å². The van der Waals surface area contributed by atoms with Crippen molar-refractivity contribution in [1.29, 1.82) is 0 Å². The average molecular weight is 286 g/mol. The maximum atomic E-state index is 13.5. The fourth-order valence-electron chi connectivity index (χ4n) is 4.21. The number of nitrogens with zero attached hydrogens (tertiary/aromatic N) is 2. The molecule has 0 aromatic carbocycles. The van der Waals surface area contributed by atoms with Gasteiger partial charge in [-0.25, -0.2) is 8.78 Å². The van der Waals surface area contributed by atoms with Crippen molar-refractivity contribution in [3.05, 3.63) is 0 Å². The Bertz CT molecular complexity index is 322. The molecular weight excluding hydrogens is 258 g/mol. The lowest BCUT2D eigenvalue weighted by atomic mass is 9.87. The maximum absolute atomic E-state index is 13.5. The van der Waals surface area contributed by atoms with Crippen LogP contribution >= 0.6 is 0 Å². The fraction of sp³-hybridized carbons (Fsp3) is 1.00. The Labute approximate surface area is 121 Å². The molecule has 3 rings (SSSR count). The molecule has 1 heterocycles. The number of halogens is 2. The van der Waals surface area contributed by atoms with Crippen LogP contribution in [-0.2, 0) is 0 Å². The van der Waals surface area contributed by atoms with Crippen molar-refractivity contribution in [3.63, 3.8) is 0 Å². The largest absolute Gasteiger partial charge is 0.300 e. The minimum atomic E-state index is -2.41. The third-order valence-corrected chi connectivity index (χ3v) is 5.86. The highest BCUT2D eigenvalue weighted by Gasteiger charge is 2.40. The fourth-order valence-corrected chi connectivity index (χ4v) is 4.21. The number of hydrogen-bond donors (Lipinski definition) is 0. The Morgan fingerprint density at radius 3 is 2.15 bits per heavy atom. The SMILES string of the molecule is CN(C1CCC1)C1CCN(C2CCCC(F)(F)C2)CC1. The Hall–Kier alpha value is -0.220. The van der Waals surface area contributed by atoms with Gasteiger partial charge in [0.25, 0.3) is 0 Å². The summed E-state index contributed by atoms with van der Waals surface area (Å²) in [5.41, 5.74) is 0. The maximum Gasteiger partial charge on any atom is 0.249 e. The lowest BCUT2D eigenvalue weighted by Gasteiger charge is -2.46. The first-order valence-electron chi connectivity index (χ1n) is 8.39. The Morgan fingerprint density at radius 2 is 1.60 bits per heavy atom. The highest BCUT2D eigenvalue weighted by molar-refractivity contribution is 4.90. The van der Waals surface area contributed by atoms with Gasteiger partial charge in [-0.2, -0.15) is 0 Å². The van der Waals surface area contributed by atoms with Gasteiger partial charge in [0, 0.05) is 31.0 Å². The van der Waals surface area contributed by atoms with Gasteiger partial charge in [-0.15, -0.1) is 0 Å². The number of rotatable bonds is 3. The minimum Gasteiger partial charge on any atom is -0.300 e. The van der Waals surface area contributed by atoms with Crippen molar-refractivity contribution in [2.24, 2.45) is 0 Å². The molecule has 0 aromatic heterocycles. The first-order valence-corrected chi connectivity index (χ1v) is 8.39. The highest BCUT2D eigenvalue weighted by Crippen LogP contribution is 2.37. The number of piperidine rings is 1. The van der Waals surface area contributed by atoms with E-state index in [1.807, 2.05) is 0 Å². The van der Waals surface area contributed by atoms with Gasteiger partial charge in [0.2, 0.25) is 5.92 Å². The van der Waals surface area contributed by atoms with Crippen LogP contribution in [0.15, 0.2) is 0 Å². The van der Waals surface area contributed by atoms with Crippen LogP contribution in [0.4, 0.5) is 8.78 Å². The highest BCUT2D eigenvalue weighted by atomic mass is 19.3. The second-order valence-electron chi connectivity index (χ2n) is 7.12. The van der Waals surface area contributed by atoms with Crippen LogP contribution in [0.2, 0.25) is 0 Å². The molecule has 2 nitrogen and oxygen atoms in total. The summed E-state index contributed by atoms with van der Waals surface area (Å²) in [5, 5.41) is 0. The predicted octanol–water partition coefficient (Wildman–Crippen LogP) is 3.51. The Balaban J connectivity index is 1.48. The molecule has 0 aromatic rings. The summed E-state index contributed by atoms with van der Waals surface area (Å²) in [5.74, 6) is -2.41. The van der Waals surface area contributed by atoms with Crippen molar-refractivity contribution in [1.82, 2.24) is 9.80 Å². The van der Waals surface area contributed by atoms with E-state index in [9.17, 15) is 8.78 Å². The first-order chi connectivity index (χ1) is 9.55. The summed E-state index contributed by atoms with van der Waals surface area (Å²) in [4.78, 5) is 4.91. The second kappa shape index (κ2) is 5.88. The zero-order valence-electron chi connectivity index (χ0n) is 12.7. The van der Waals surface area contributed by atoms with Crippen molar-refractivity contribution >= 4 is 0 Å². The molecule has 4 heteroatoms. The summed E-state index contributed by atoms with van der Waals surface area (Å²) < 4.78 is 27.1. The van der Waals surface area contributed by atoms with Crippen molar-refractivity contribution < 1.29 is 8.78 Å². The number of likely N-dealkylation sites (tertiary alicyclic amines) is 1. The monoisotopic (exact) mass is 286 g/mol. The summed E-state index contributed by atoms with van der Waals surface area (Å²) in [6.07, 6.45) is 8.27. The van der Waals surface area contributed by atoms with Gasteiger partial charge < -0.3 is 9.80 Å². The second-order valence-corrected chi connectivity index (χ2v) is 7.12. The van der Waals surface area contributed by atoms with Gasteiger partial charge in [-0.05, 0) is 58.7 Å². The molecule has 0 radical (unpaired) electrons. The van der Waals surface area contributed by atoms with E-state index in [1.54, 1.807) is 0 Å². The number of hydrogen-bond acceptors (Lipinski definition) is 2. The van der Waals surface area contributed by atoms with E-state index in [-0.39, 0.29) is 18.9 Å². The molecule has 2 aliphatic carbocycles. The van der Waals surface area contributed by atoms with Crippen molar-refractivity contribution in [3.8, 4) is 0 Å². The molecule has 1 atom stereocenters. The van der Waals surface area contributed by atoms with Gasteiger partial charge in [0.05, 0.1) is 0 Å². The first kappa shape index (κ1) is 14.7. The van der Waals surface area contributed by atoms with Gasteiger partial charge in [-0.1, -0.05) is 6.42 Å². The van der Waals surface area contributed by atoms with E-state index in [1.165, 1.54) is 19.3 Å². The molecule has 2 saturated carbocycles. The van der Waals surface area contributed by atoms with Crippen molar-refractivity contribution in [2.75, 3.05) is 20.1 Å². The van der Waals surface area contributed by atoms with Crippen LogP contribution in [0.1, 0.15) is 57.8 Å². The van der Waals surface area contributed by atoms with Gasteiger partial charge in [-0.3, -0.25) is 0 Å². The van der Waals surface area contributed by atoms with Crippen molar-refractivity contribution in [2.45, 2.75) is 81.8 Å². The van der Waals surface area contributed by atoms with Gasteiger partial charge in [0.15, 0.2) is 0 Å². The topological polar surface area (TPSA) is 6.48 Å². The molecule has 1 aliphatic heterocycles. The summed E-state index contributed by atoms with van der Waals surface area (Å²) in [7, 11) is 2.26. The van der Waals surface area contributed by atoms with Gasteiger partial charge in [0.1, 0.15) is 0 Å². The minimum absolute atomic E-state index is 0.0934. The zero-order chi connectivity index (χ0) is 14.2. The Kier molecular flexibility index (Phi) is 4.32. The van der Waals surface area contributed by atoms with E-state index in [2.05, 4.69) is 16.8 Å². The molecule has 0 spiro atoms.